The molecule has 3 amide bonds. The fourth-order valence-corrected chi connectivity index (χ4v) is 6.29. The van der Waals surface area contributed by atoms with Gasteiger partial charge in [-0.2, -0.15) is 0 Å². The molecule has 10 heteroatoms. The molecule has 4 heterocycles. The van der Waals surface area contributed by atoms with Crippen molar-refractivity contribution in [3.63, 3.8) is 0 Å². The molecule has 3 aromatic rings. The van der Waals surface area contributed by atoms with Crippen molar-refractivity contribution < 1.29 is 28.6 Å². The molecule has 3 aromatic carbocycles. The van der Waals surface area contributed by atoms with Gasteiger partial charge in [0, 0.05) is 17.3 Å². The van der Waals surface area contributed by atoms with E-state index in [1.807, 2.05) is 35.2 Å². The summed E-state index contributed by atoms with van der Waals surface area (Å²) in [4.78, 5) is 45.1. The number of anilines is 2. The van der Waals surface area contributed by atoms with Gasteiger partial charge in [-0.05, 0) is 47.5 Å². The van der Waals surface area contributed by atoms with Gasteiger partial charge in [0.2, 0.25) is 24.5 Å². The number of halogens is 1. The first-order chi connectivity index (χ1) is 19.0. The molecule has 0 aliphatic carbocycles. The van der Waals surface area contributed by atoms with Crippen LogP contribution in [0.3, 0.4) is 0 Å². The highest BCUT2D eigenvalue weighted by Gasteiger charge is 2.64. The molecule has 1 N–H and O–H groups in total. The van der Waals surface area contributed by atoms with Crippen LogP contribution >= 0.6 is 11.6 Å². The van der Waals surface area contributed by atoms with Crippen LogP contribution in [-0.2, 0) is 14.4 Å². The van der Waals surface area contributed by atoms with Crippen molar-refractivity contribution in [2.45, 2.75) is 12.1 Å². The Balaban J connectivity index is 1.31. The lowest BCUT2D eigenvalue weighted by Gasteiger charge is -2.35. The quantitative estimate of drug-likeness (QED) is 0.492. The largest absolute Gasteiger partial charge is 0.495 e. The number of fused-ring (bicyclic) bond motifs is 6. The number of nitrogens with zero attached hydrogens (tertiary/aromatic N) is 2. The predicted octanol–water partition coefficient (Wildman–Crippen LogP) is 4.23. The molecule has 4 atom stereocenters. The number of hydrogen-bond acceptors (Lipinski definition) is 7. The minimum Gasteiger partial charge on any atom is -0.495 e. The van der Waals surface area contributed by atoms with Crippen LogP contribution in [0.5, 0.6) is 17.2 Å². The Labute approximate surface area is 228 Å². The summed E-state index contributed by atoms with van der Waals surface area (Å²) < 4.78 is 16.3. The van der Waals surface area contributed by atoms with Crippen LogP contribution in [0.1, 0.15) is 17.2 Å². The molecule has 4 aliphatic heterocycles. The van der Waals surface area contributed by atoms with Gasteiger partial charge in [0.25, 0.3) is 0 Å². The first-order valence-corrected chi connectivity index (χ1v) is 12.8. The summed E-state index contributed by atoms with van der Waals surface area (Å²) in [5, 5.41) is 3.31. The smallest absolute Gasteiger partial charge is 0.248 e. The number of carbonyl (C=O) groups is 3. The van der Waals surface area contributed by atoms with Crippen molar-refractivity contribution in [1.82, 2.24) is 4.90 Å². The van der Waals surface area contributed by atoms with E-state index in [0.717, 1.165) is 11.1 Å². The fourth-order valence-electron chi connectivity index (χ4n) is 6.12. The van der Waals surface area contributed by atoms with Gasteiger partial charge in [0.15, 0.2) is 11.5 Å². The van der Waals surface area contributed by atoms with Gasteiger partial charge in [0.1, 0.15) is 11.8 Å². The van der Waals surface area contributed by atoms with Crippen molar-refractivity contribution in [2.24, 2.45) is 11.8 Å². The summed E-state index contributed by atoms with van der Waals surface area (Å²) in [5.41, 5.74) is 2.59. The second-order valence-electron chi connectivity index (χ2n) is 9.72. The molecule has 2 fully saturated rings. The summed E-state index contributed by atoms with van der Waals surface area (Å²) >= 11 is 6.19. The minimum atomic E-state index is -0.955. The van der Waals surface area contributed by atoms with Crippen molar-refractivity contribution in [3.8, 4) is 17.2 Å². The Morgan fingerprint density at radius 3 is 2.64 bits per heavy atom. The van der Waals surface area contributed by atoms with Gasteiger partial charge in [-0.15, -0.1) is 0 Å². The zero-order valence-electron chi connectivity index (χ0n) is 20.7. The van der Waals surface area contributed by atoms with E-state index in [2.05, 4.69) is 5.32 Å². The van der Waals surface area contributed by atoms with E-state index in [1.54, 1.807) is 42.6 Å². The molecular formula is C29H22ClN3O6. The Hall–Kier alpha value is -4.50. The Morgan fingerprint density at radius 2 is 1.79 bits per heavy atom. The third kappa shape index (κ3) is 3.50. The maximum absolute atomic E-state index is 14.1. The van der Waals surface area contributed by atoms with Gasteiger partial charge in [-0.1, -0.05) is 35.9 Å². The molecular weight excluding hydrogens is 522 g/mol. The number of imide groups is 1. The zero-order chi connectivity index (χ0) is 26.8. The molecule has 0 unspecified atom stereocenters. The predicted molar refractivity (Wildman–Crippen MR) is 143 cm³/mol. The lowest BCUT2D eigenvalue weighted by Crippen LogP contribution is -2.46. The Morgan fingerprint density at radius 1 is 1.00 bits per heavy atom. The van der Waals surface area contributed by atoms with Crippen molar-refractivity contribution in [3.05, 3.63) is 83.0 Å². The molecule has 0 spiro atoms. The lowest BCUT2D eigenvalue weighted by atomic mass is 9.84. The van der Waals surface area contributed by atoms with Gasteiger partial charge in [0.05, 0.1) is 36.4 Å². The second kappa shape index (κ2) is 8.78. The fraction of sp³-hybridized carbons (Fsp3) is 0.207. The van der Waals surface area contributed by atoms with Crippen LogP contribution in [-0.4, -0.2) is 42.6 Å². The average molecular weight is 544 g/mol. The maximum Gasteiger partial charge on any atom is 0.248 e. The van der Waals surface area contributed by atoms with E-state index in [9.17, 15) is 14.4 Å². The first-order valence-electron chi connectivity index (χ1n) is 12.4. The summed E-state index contributed by atoms with van der Waals surface area (Å²) in [6.07, 6.45) is 3.70. The van der Waals surface area contributed by atoms with Gasteiger partial charge in [-0.3, -0.25) is 14.4 Å². The normalized spacial score (nSPS) is 23.9. The highest BCUT2D eigenvalue weighted by Crippen LogP contribution is 2.54. The number of methoxy groups -OCH3 is 1. The summed E-state index contributed by atoms with van der Waals surface area (Å²) in [7, 11) is 1.49. The van der Waals surface area contributed by atoms with Crippen molar-refractivity contribution in [1.29, 1.82) is 0 Å². The number of nitrogens with one attached hydrogen (secondary N) is 1. The van der Waals surface area contributed by atoms with E-state index in [-0.39, 0.29) is 12.7 Å². The summed E-state index contributed by atoms with van der Waals surface area (Å²) in [5.74, 6) is -1.51. The second-order valence-corrected chi connectivity index (χ2v) is 10.2. The van der Waals surface area contributed by atoms with Crippen LogP contribution in [0.25, 0.3) is 6.08 Å². The van der Waals surface area contributed by atoms with E-state index < -0.39 is 35.7 Å². The van der Waals surface area contributed by atoms with Crippen LogP contribution in [0, 0.1) is 11.8 Å². The maximum atomic E-state index is 14.1. The molecule has 9 nitrogen and oxygen atoms in total. The molecule has 2 saturated heterocycles. The van der Waals surface area contributed by atoms with Gasteiger partial charge in [-0.25, -0.2) is 4.90 Å². The molecule has 0 aromatic heterocycles. The molecule has 196 valence electrons. The van der Waals surface area contributed by atoms with E-state index in [4.69, 9.17) is 25.8 Å². The molecule has 0 radical (unpaired) electrons. The third-order valence-corrected chi connectivity index (χ3v) is 8.00. The average Bonchev–Trinajstić information content (AvgIpc) is 3.61. The van der Waals surface area contributed by atoms with Gasteiger partial charge >= 0.3 is 0 Å². The molecule has 4 aliphatic rings. The number of carbonyl (C=O) groups excluding carboxylic acids is 3. The van der Waals surface area contributed by atoms with Crippen LogP contribution in [0.15, 0.2) is 66.9 Å². The SMILES string of the molecule is COc1ccc(Cl)cc1NC(=O)[C@@H]1[C@@H]2C(=O)N(c3ccc4c(c3)OCO4)C(=O)[C@H]2[C@H]2c3ccccc3C=CN12. The monoisotopic (exact) mass is 543 g/mol. The topological polar surface area (TPSA) is 97.4 Å². The van der Waals surface area contributed by atoms with Crippen LogP contribution < -0.4 is 24.4 Å². The van der Waals surface area contributed by atoms with Crippen LogP contribution in [0.2, 0.25) is 5.02 Å². The standard InChI is InChI=1S/C29H22ClN3O6/c1-37-20-8-6-16(30)12-19(20)31-27(34)26-24-23(25-18-5-3-2-4-15(18)10-11-32(25)26)28(35)33(29(24)36)17-7-9-21-22(13-17)39-14-38-21/h2-13,23-26H,14H2,1H3,(H,31,34)/t23-,24-,25-,26+/m1/s1. The molecule has 0 bridgehead atoms. The van der Waals surface area contributed by atoms with Crippen molar-refractivity contribution >= 4 is 46.8 Å². The molecule has 0 saturated carbocycles. The van der Waals surface area contributed by atoms with Gasteiger partial charge < -0.3 is 24.4 Å². The zero-order valence-corrected chi connectivity index (χ0v) is 21.4. The third-order valence-electron chi connectivity index (χ3n) is 7.76. The summed E-state index contributed by atoms with van der Waals surface area (Å²) in [6, 6.07) is 16.1. The summed E-state index contributed by atoms with van der Waals surface area (Å²) in [6.45, 7) is 0.0707. The lowest BCUT2D eigenvalue weighted by molar-refractivity contribution is -0.128. The Kier molecular flexibility index (Phi) is 5.31. The number of amides is 3. The van der Waals surface area contributed by atoms with E-state index in [1.165, 1.54) is 12.0 Å². The van der Waals surface area contributed by atoms with E-state index in [0.29, 0.717) is 33.6 Å². The first kappa shape index (κ1) is 23.6. The number of ether oxygens (including phenoxy) is 3. The highest BCUT2D eigenvalue weighted by atomic mass is 35.5. The molecule has 39 heavy (non-hydrogen) atoms. The van der Waals surface area contributed by atoms with Crippen LogP contribution in [0.4, 0.5) is 11.4 Å². The minimum absolute atomic E-state index is 0.0707. The van der Waals surface area contributed by atoms with E-state index >= 15 is 0 Å². The Bertz CT molecular complexity index is 1590. The molecule has 7 rings (SSSR count). The number of rotatable bonds is 4. The van der Waals surface area contributed by atoms with Crippen molar-refractivity contribution in [2.75, 3.05) is 24.1 Å². The highest BCUT2D eigenvalue weighted by molar-refractivity contribution is 6.31. The number of hydrogen-bond donors (Lipinski definition) is 1. The number of benzene rings is 3.